The van der Waals surface area contributed by atoms with Crippen LogP contribution in [0.4, 0.5) is 4.79 Å². The van der Waals surface area contributed by atoms with E-state index >= 15 is 0 Å². The lowest BCUT2D eigenvalue weighted by Crippen LogP contribution is -2.42. The number of hydrogen-bond acceptors (Lipinski definition) is 4. The van der Waals surface area contributed by atoms with E-state index in [0.29, 0.717) is 11.7 Å². The molecule has 130 valence electrons. The molecule has 7 heteroatoms. The van der Waals surface area contributed by atoms with Crippen LogP contribution in [0.3, 0.4) is 0 Å². The number of amides is 2. The zero-order valence-corrected chi connectivity index (χ0v) is 14.7. The van der Waals surface area contributed by atoms with E-state index in [1.54, 1.807) is 4.68 Å². The monoisotopic (exact) mass is 330 g/mol. The first-order chi connectivity index (χ1) is 11.5. The second-order valence-corrected chi connectivity index (χ2v) is 6.27. The molecule has 0 aliphatic carbocycles. The third-order valence-electron chi connectivity index (χ3n) is 4.06. The highest BCUT2D eigenvalue weighted by molar-refractivity contribution is 5.74. The first kappa shape index (κ1) is 17.9. The van der Waals surface area contributed by atoms with Crippen LogP contribution < -0.4 is 10.6 Å². The molecular weight excluding hydrogens is 304 g/mol. The van der Waals surface area contributed by atoms with Crippen LogP contribution in [0.5, 0.6) is 0 Å². The zero-order chi connectivity index (χ0) is 17.5. The molecule has 0 saturated heterocycles. The van der Waals surface area contributed by atoms with E-state index in [1.807, 2.05) is 44.2 Å². The van der Waals surface area contributed by atoms with Crippen molar-refractivity contribution in [2.45, 2.75) is 52.6 Å². The molecule has 2 amide bonds. The number of tetrazole rings is 1. The normalized spacial score (nSPS) is 14.7. The second kappa shape index (κ2) is 8.42. The van der Waals surface area contributed by atoms with Crippen LogP contribution in [-0.2, 0) is 0 Å². The lowest BCUT2D eigenvalue weighted by molar-refractivity contribution is 0.232. The highest BCUT2D eigenvalue weighted by atomic mass is 16.2. The van der Waals surface area contributed by atoms with Gasteiger partial charge >= 0.3 is 6.03 Å². The van der Waals surface area contributed by atoms with Crippen molar-refractivity contribution >= 4 is 6.03 Å². The summed E-state index contributed by atoms with van der Waals surface area (Å²) in [7, 11) is 0. The van der Waals surface area contributed by atoms with Gasteiger partial charge in [0.05, 0.1) is 11.7 Å². The van der Waals surface area contributed by atoms with Crippen LogP contribution in [0.25, 0.3) is 5.69 Å². The van der Waals surface area contributed by atoms with E-state index < -0.39 is 0 Å². The Bertz CT molecular complexity index is 642. The van der Waals surface area contributed by atoms with Crippen molar-refractivity contribution in [3.05, 3.63) is 36.2 Å². The van der Waals surface area contributed by atoms with E-state index in [4.69, 9.17) is 0 Å². The van der Waals surface area contributed by atoms with Gasteiger partial charge in [-0.15, -0.1) is 5.10 Å². The van der Waals surface area contributed by atoms with Gasteiger partial charge in [-0.2, -0.15) is 4.68 Å². The van der Waals surface area contributed by atoms with Gasteiger partial charge in [-0.05, 0) is 48.7 Å². The number of rotatable bonds is 7. The standard InChI is InChI=1S/C17H26N6O/c1-5-12(2)11-13(3)18-17(24)19-14(4)16-20-21-22-23(16)15-9-7-6-8-10-15/h6-10,12-14H,5,11H2,1-4H3,(H2,18,19,24)/t12-,13+,14-/m0/s1. The minimum atomic E-state index is -0.309. The zero-order valence-electron chi connectivity index (χ0n) is 14.7. The Labute approximate surface area is 142 Å². The molecule has 0 spiro atoms. The Morgan fingerprint density at radius 2 is 1.88 bits per heavy atom. The third-order valence-corrected chi connectivity index (χ3v) is 4.06. The van der Waals surface area contributed by atoms with Crippen LogP contribution in [0.1, 0.15) is 52.4 Å². The summed E-state index contributed by atoms with van der Waals surface area (Å²) in [4.78, 5) is 12.2. The van der Waals surface area contributed by atoms with Crippen molar-refractivity contribution in [2.24, 2.45) is 5.92 Å². The van der Waals surface area contributed by atoms with Crippen LogP contribution in [0, 0.1) is 5.92 Å². The van der Waals surface area contributed by atoms with Gasteiger partial charge in [-0.25, -0.2) is 4.79 Å². The van der Waals surface area contributed by atoms with Crippen molar-refractivity contribution in [1.82, 2.24) is 30.8 Å². The molecule has 0 aliphatic rings. The lowest BCUT2D eigenvalue weighted by Gasteiger charge is -2.20. The Kier molecular flexibility index (Phi) is 6.28. The fourth-order valence-corrected chi connectivity index (χ4v) is 2.57. The highest BCUT2D eigenvalue weighted by Gasteiger charge is 2.19. The van der Waals surface area contributed by atoms with Gasteiger partial charge in [0.2, 0.25) is 0 Å². The van der Waals surface area contributed by atoms with Crippen LogP contribution in [0.15, 0.2) is 30.3 Å². The highest BCUT2D eigenvalue weighted by Crippen LogP contribution is 2.14. The minimum Gasteiger partial charge on any atom is -0.336 e. The topological polar surface area (TPSA) is 84.7 Å². The van der Waals surface area contributed by atoms with Crippen LogP contribution in [0.2, 0.25) is 0 Å². The van der Waals surface area contributed by atoms with E-state index in [9.17, 15) is 4.79 Å². The smallest absolute Gasteiger partial charge is 0.315 e. The van der Waals surface area contributed by atoms with Gasteiger partial charge in [0.25, 0.3) is 0 Å². The van der Waals surface area contributed by atoms with Gasteiger partial charge in [-0.1, -0.05) is 38.5 Å². The maximum Gasteiger partial charge on any atom is 0.315 e. The first-order valence-corrected chi connectivity index (χ1v) is 8.42. The predicted octanol–water partition coefficient (Wildman–Crippen LogP) is 2.85. The molecule has 2 aromatic rings. The maximum absolute atomic E-state index is 12.2. The van der Waals surface area contributed by atoms with Gasteiger partial charge in [-0.3, -0.25) is 0 Å². The molecule has 1 aromatic heterocycles. The minimum absolute atomic E-state index is 0.122. The van der Waals surface area contributed by atoms with Gasteiger partial charge in [0.15, 0.2) is 5.82 Å². The molecule has 0 aliphatic heterocycles. The molecule has 0 saturated carbocycles. The summed E-state index contributed by atoms with van der Waals surface area (Å²) in [6, 6.07) is 9.21. The molecule has 0 bridgehead atoms. The van der Waals surface area contributed by atoms with Crippen molar-refractivity contribution in [1.29, 1.82) is 0 Å². The predicted molar refractivity (Wildman–Crippen MR) is 92.8 cm³/mol. The average Bonchev–Trinajstić information content (AvgIpc) is 3.04. The second-order valence-electron chi connectivity index (χ2n) is 6.27. The number of carbonyl (C=O) groups excluding carboxylic acids is 1. The summed E-state index contributed by atoms with van der Waals surface area (Å²) in [6.45, 7) is 8.23. The van der Waals surface area contributed by atoms with Crippen molar-refractivity contribution < 1.29 is 4.79 Å². The molecule has 3 atom stereocenters. The van der Waals surface area contributed by atoms with Gasteiger partial charge < -0.3 is 10.6 Å². The molecule has 0 radical (unpaired) electrons. The van der Waals surface area contributed by atoms with E-state index in [2.05, 4.69) is 40.0 Å². The van der Waals surface area contributed by atoms with E-state index in [0.717, 1.165) is 18.5 Å². The Balaban J connectivity index is 1.97. The number of carbonyl (C=O) groups is 1. The Morgan fingerprint density at radius 1 is 1.17 bits per heavy atom. The molecule has 0 unspecified atom stereocenters. The number of nitrogens with zero attached hydrogens (tertiary/aromatic N) is 4. The lowest BCUT2D eigenvalue weighted by atomic mass is 10.0. The summed E-state index contributed by atoms with van der Waals surface area (Å²) in [5.41, 5.74) is 0.858. The summed E-state index contributed by atoms with van der Waals surface area (Å²) in [6.07, 6.45) is 2.07. The van der Waals surface area contributed by atoms with E-state index in [-0.39, 0.29) is 18.1 Å². The summed E-state index contributed by atoms with van der Waals surface area (Å²) < 4.78 is 1.63. The maximum atomic E-state index is 12.2. The van der Waals surface area contributed by atoms with Gasteiger partial charge in [0, 0.05) is 6.04 Å². The number of aromatic nitrogens is 4. The molecule has 7 nitrogen and oxygen atoms in total. The SMILES string of the molecule is CC[C@H](C)C[C@@H](C)NC(=O)N[C@@H](C)c1nnnn1-c1ccccc1. The fraction of sp³-hybridized carbons (Fsp3) is 0.529. The number of benzene rings is 1. The molecular formula is C17H26N6O. The molecule has 24 heavy (non-hydrogen) atoms. The van der Waals surface area contributed by atoms with Gasteiger partial charge in [0.1, 0.15) is 0 Å². The third kappa shape index (κ3) is 4.78. The number of para-hydroxylation sites is 1. The van der Waals surface area contributed by atoms with Crippen LogP contribution >= 0.6 is 0 Å². The number of hydrogen-bond donors (Lipinski definition) is 2. The number of nitrogens with one attached hydrogen (secondary N) is 2. The quantitative estimate of drug-likeness (QED) is 0.817. The molecule has 1 aromatic carbocycles. The average molecular weight is 330 g/mol. The van der Waals surface area contributed by atoms with Crippen LogP contribution in [-0.4, -0.2) is 32.3 Å². The molecule has 0 fully saturated rings. The summed E-state index contributed by atoms with van der Waals surface area (Å²) in [5, 5.41) is 17.7. The summed E-state index contributed by atoms with van der Waals surface area (Å²) >= 11 is 0. The van der Waals surface area contributed by atoms with Crippen molar-refractivity contribution in [3.8, 4) is 5.69 Å². The molecule has 1 heterocycles. The molecule has 2 N–H and O–H groups in total. The largest absolute Gasteiger partial charge is 0.336 e. The summed E-state index contributed by atoms with van der Waals surface area (Å²) in [5.74, 6) is 1.18. The Morgan fingerprint density at radius 3 is 2.54 bits per heavy atom. The van der Waals surface area contributed by atoms with E-state index in [1.165, 1.54) is 0 Å². The van der Waals surface area contributed by atoms with Crippen molar-refractivity contribution in [2.75, 3.05) is 0 Å². The molecule has 2 rings (SSSR count). The Hall–Kier alpha value is -2.44. The fourth-order valence-electron chi connectivity index (χ4n) is 2.57. The van der Waals surface area contributed by atoms with Crippen molar-refractivity contribution in [3.63, 3.8) is 0 Å². The first-order valence-electron chi connectivity index (χ1n) is 8.42. The number of urea groups is 1.